The highest BCUT2D eigenvalue weighted by Crippen LogP contribution is 2.23. The van der Waals surface area contributed by atoms with Gasteiger partial charge in [0.05, 0.1) is 10.6 Å². The molecule has 0 N–H and O–H groups in total. The maximum Gasteiger partial charge on any atom is 0.255 e. The zero-order valence-electron chi connectivity index (χ0n) is 11.2. The smallest absolute Gasteiger partial charge is 0.255 e. The first-order valence-electron chi connectivity index (χ1n) is 6.46. The lowest BCUT2D eigenvalue weighted by Crippen LogP contribution is -2.32. The first kappa shape index (κ1) is 16.2. The molecule has 2 nitrogen and oxygen atoms in total. The fourth-order valence-corrected chi connectivity index (χ4v) is 2.68. The van der Waals surface area contributed by atoms with E-state index in [1.807, 2.05) is 30.3 Å². The van der Waals surface area contributed by atoms with Crippen molar-refractivity contribution in [2.75, 3.05) is 12.4 Å². The summed E-state index contributed by atoms with van der Waals surface area (Å²) in [6.07, 6.45) is 0. The number of carbonyl (C=O) groups excluding carboxylic acids is 1. The van der Waals surface area contributed by atoms with Gasteiger partial charge in [-0.25, -0.2) is 0 Å². The molecule has 0 aliphatic carbocycles. The predicted octanol–water partition coefficient (Wildman–Crippen LogP) is 4.87. The molecule has 2 rings (SSSR count). The molecule has 0 spiro atoms. The van der Waals surface area contributed by atoms with Crippen LogP contribution >= 0.6 is 34.8 Å². The first-order chi connectivity index (χ1) is 10.1. The van der Waals surface area contributed by atoms with Crippen LogP contribution in [0.4, 0.5) is 0 Å². The van der Waals surface area contributed by atoms with Crippen LogP contribution in [0.3, 0.4) is 0 Å². The summed E-state index contributed by atoms with van der Waals surface area (Å²) >= 11 is 17.8. The van der Waals surface area contributed by atoms with Gasteiger partial charge < -0.3 is 4.90 Å². The van der Waals surface area contributed by atoms with Crippen molar-refractivity contribution in [1.82, 2.24) is 4.90 Å². The second-order valence-corrected chi connectivity index (χ2v) is 5.75. The Bertz CT molecular complexity index is 616. The highest BCUT2D eigenvalue weighted by molar-refractivity contribution is 6.36. The molecule has 0 fully saturated rings. The quantitative estimate of drug-likeness (QED) is 0.710. The van der Waals surface area contributed by atoms with Gasteiger partial charge in [-0.1, -0.05) is 53.5 Å². The number of hydrogen-bond acceptors (Lipinski definition) is 1. The van der Waals surface area contributed by atoms with Crippen LogP contribution in [0.1, 0.15) is 15.9 Å². The summed E-state index contributed by atoms with van der Waals surface area (Å²) in [7, 11) is 0. The van der Waals surface area contributed by atoms with Gasteiger partial charge in [0.2, 0.25) is 0 Å². The van der Waals surface area contributed by atoms with Crippen LogP contribution in [-0.2, 0) is 6.54 Å². The minimum atomic E-state index is -0.152. The van der Waals surface area contributed by atoms with Gasteiger partial charge in [0.15, 0.2) is 0 Å². The molecule has 2 aromatic rings. The lowest BCUT2D eigenvalue weighted by atomic mass is 10.1. The maximum atomic E-state index is 12.6. The van der Waals surface area contributed by atoms with Gasteiger partial charge >= 0.3 is 0 Å². The number of rotatable bonds is 5. The van der Waals surface area contributed by atoms with Crippen molar-refractivity contribution in [1.29, 1.82) is 0 Å². The van der Waals surface area contributed by atoms with Crippen molar-refractivity contribution in [3.8, 4) is 0 Å². The van der Waals surface area contributed by atoms with Crippen molar-refractivity contribution in [2.24, 2.45) is 0 Å². The highest BCUT2D eigenvalue weighted by atomic mass is 35.5. The average molecular weight is 343 g/mol. The van der Waals surface area contributed by atoms with Gasteiger partial charge in [0.1, 0.15) is 0 Å². The van der Waals surface area contributed by atoms with Crippen LogP contribution in [0.2, 0.25) is 10.0 Å². The maximum absolute atomic E-state index is 12.6. The lowest BCUT2D eigenvalue weighted by Gasteiger charge is -2.22. The van der Waals surface area contributed by atoms with Gasteiger partial charge in [0.25, 0.3) is 5.91 Å². The van der Waals surface area contributed by atoms with E-state index in [1.165, 1.54) is 0 Å². The van der Waals surface area contributed by atoms with Crippen molar-refractivity contribution < 1.29 is 4.79 Å². The minimum Gasteiger partial charge on any atom is -0.333 e. The zero-order valence-corrected chi connectivity index (χ0v) is 13.5. The van der Waals surface area contributed by atoms with E-state index in [0.717, 1.165) is 5.56 Å². The van der Waals surface area contributed by atoms with E-state index < -0.39 is 0 Å². The fraction of sp³-hybridized carbons (Fsp3) is 0.188. The molecule has 0 aromatic heterocycles. The standard InChI is InChI=1S/C16H14Cl3NO/c17-8-9-20(11-12-4-2-1-3-5-12)16(21)14-7-6-13(18)10-15(14)19/h1-7,10H,8-9,11H2. The molecule has 21 heavy (non-hydrogen) atoms. The van der Waals surface area contributed by atoms with E-state index in [2.05, 4.69) is 0 Å². The summed E-state index contributed by atoms with van der Waals surface area (Å²) in [6.45, 7) is 0.944. The van der Waals surface area contributed by atoms with E-state index in [4.69, 9.17) is 34.8 Å². The van der Waals surface area contributed by atoms with Crippen LogP contribution in [0.15, 0.2) is 48.5 Å². The van der Waals surface area contributed by atoms with Crippen molar-refractivity contribution >= 4 is 40.7 Å². The Morgan fingerprint density at radius 1 is 1.05 bits per heavy atom. The van der Waals surface area contributed by atoms with Crippen LogP contribution < -0.4 is 0 Å². The second kappa shape index (κ2) is 7.69. The number of benzene rings is 2. The molecule has 0 saturated heterocycles. The normalized spacial score (nSPS) is 10.4. The van der Waals surface area contributed by atoms with Gasteiger partial charge in [-0.3, -0.25) is 4.79 Å². The zero-order chi connectivity index (χ0) is 15.2. The molecule has 0 unspecified atom stereocenters. The van der Waals surface area contributed by atoms with Gasteiger partial charge in [-0.2, -0.15) is 0 Å². The van der Waals surface area contributed by atoms with E-state index >= 15 is 0 Å². The van der Waals surface area contributed by atoms with E-state index in [-0.39, 0.29) is 5.91 Å². The minimum absolute atomic E-state index is 0.152. The fourth-order valence-electron chi connectivity index (χ4n) is 1.99. The summed E-state index contributed by atoms with van der Waals surface area (Å²) in [4.78, 5) is 14.3. The number of alkyl halides is 1. The van der Waals surface area contributed by atoms with Crippen LogP contribution in [0.25, 0.3) is 0 Å². The Hall–Kier alpha value is -1.22. The first-order valence-corrected chi connectivity index (χ1v) is 7.75. The van der Waals surface area contributed by atoms with Gasteiger partial charge in [-0.05, 0) is 23.8 Å². The van der Waals surface area contributed by atoms with E-state index in [0.29, 0.717) is 34.6 Å². The summed E-state index contributed by atoms with van der Waals surface area (Å²) < 4.78 is 0. The molecule has 0 bridgehead atoms. The third kappa shape index (κ3) is 4.37. The van der Waals surface area contributed by atoms with Crippen molar-refractivity contribution in [3.63, 3.8) is 0 Å². The van der Waals surface area contributed by atoms with Crippen molar-refractivity contribution in [2.45, 2.75) is 6.54 Å². The summed E-state index contributed by atoms with van der Waals surface area (Å²) in [6, 6.07) is 14.6. The molecule has 0 radical (unpaired) electrons. The molecule has 0 atom stereocenters. The van der Waals surface area contributed by atoms with Crippen LogP contribution in [-0.4, -0.2) is 23.2 Å². The number of hydrogen-bond donors (Lipinski definition) is 0. The Labute approximate surface area is 139 Å². The topological polar surface area (TPSA) is 20.3 Å². The molecular weight excluding hydrogens is 329 g/mol. The summed E-state index contributed by atoms with van der Waals surface area (Å²) in [5.74, 6) is 0.213. The van der Waals surface area contributed by atoms with Crippen LogP contribution in [0.5, 0.6) is 0 Å². The summed E-state index contributed by atoms with van der Waals surface area (Å²) in [5.41, 5.74) is 1.48. The predicted molar refractivity (Wildman–Crippen MR) is 88.4 cm³/mol. The molecule has 0 aliphatic heterocycles. The third-order valence-electron chi connectivity index (χ3n) is 3.02. The Balaban J connectivity index is 2.23. The molecule has 0 saturated carbocycles. The molecule has 0 aliphatic rings. The molecule has 2 aromatic carbocycles. The number of nitrogens with zero attached hydrogens (tertiary/aromatic N) is 1. The van der Waals surface area contributed by atoms with E-state index in [1.54, 1.807) is 23.1 Å². The second-order valence-electron chi connectivity index (χ2n) is 4.53. The number of carbonyl (C=O) groups is 1. The molecule has 5 heteroatoms. The van der Waals surface area contributed by atoms with E-state index in [9.17, 15) is 4.79 Å². The van der Waals surface area contributed by atoms with Crippen molar-refractivity contribution in [3.05, 3.63) is 69.7 Å². The summed E-state index contributed by atoms with van der Waals surface area (Å²) in [5, 5.41) is 0.851. The molecule has 110 valence electrons. The Kier molecular flexibility index (Phi) is 5.92. The lowest BCUT2D eigenvalue weighted by molar-refractivity contribution is 0.0754. The Morgan fingerprint density at radius 3 is 2.38 bits per heavy atom. The molecular formula is C16H14Cl3NO. The largest absolute Gasteiger partial charge is 0.333 e. The number of halogens is 3. The Morgan fingerprint density at radius 2 is 1.76 bits per heavy atom. The van der Waals surface area contributed by atoms with Crippen LogP contribution in [0, 0.1) is 0 Å². The number of amides is 1. The van der Waals surface area contributed by atoms with Gasteiger partial charge in [0, 0.05) is 24.0 Å². The van der Waals surface area contributed by atoms with Gasteiger partial charge in [-0.15, -0.1) is 11.6 Å². The highest BCUT2D eigenvalue weighted by Gasteiger charge is 2.18. The third-order valence-corrected chi connectivity index (χ3v) is 3.74. The monoisotopic (exact) mass is 341 g/mol. The SMILES string of the molecule is O=C(c1ccc(Cl)cc1Cl)N(CCCl)Cc1ccccc1. The molecule has 1 amide bonds. The molecule has 0 heterocycles. The average Bonchev–Trinajstić information content (AvgIpc) is 2.47.